The van der Waals surface area contributed by atoms with Crippen LogP contribution in [0.1, 0.15) is 32.1 Å². The molecule has 1 unspecified atom stereocenters. The molecule has 0 fully saturated rings. The van der Waals surface area contributed by atoms with E-state index < -0.39 is 0 Å². The van der Waals surface area contributed by atoms with Crippen LogP contribution >= 0.6 is 15.9 Å². The van der Waals surface area contributed by atoms with Gasteiger partial charge in [0.05, 0.1) is 4.47 Å². The van der Waals surface area contributed by atoms with Gasteiger partial charge >= 0.3 is 0 Å². The Balaban J connectivity index is 2.03. The van der Waals surface area contributed by atoms with Crippen LogP contribution in [0.15, 0.2) is 34.8 Å². The van der Waals surface area contributed by atoms with Crippen molar-refractivity contribution in [3.8, 4) is 0 Å². The molecule has 0 heterocycles. The van der Waals surface area contributed by atoms with E-state index in [1.54, 1.807) is 6.07 Å². The van der Waals surface area contributed by atoms with Gasteiger partial charge in [-0.25, -0.2) is 4.39 Å². The standard InChI is InChI=1S/C14H17BrFN/c15-13-9-8-12(10-14(13)16)17-11-6-4-2-1-3-5-7-11/h4,6,8-11,17H,1-3,5,7H2/b6-4+. The summed E-state index contributed by atoms with van der Waals surface area (Å²) >= 11 is 3.16. The van der Waals surface area contributed by atoms with Crippen molar-refractivity contribution in [2.45, 2.75) is 38.1 Å². The number of hydrogen-bond acceptors (Lipinski definition) is 1. The molecule has 0 bridgehead atoms. The molecule has 0 aromatic heterocycles. The molecule has 2 rings (SSSR count). The molecule has 0 spiro atoms. The molecule has 3 heteroatoms. The molecule has 0 radical (unpaired) electrons. The fourth-order valence-corrected chi connectivity index (χ4v) is 2.33. The molecule has 1 nitrogen and oxygen atoms in total. The molecule has 0 saturated heterocycles. The van der Waals surface area contributed by atoms with Crippen LogP contribution in [0.5, 0.6) is 0 Å². The van der Waals surface area contributed by atoms with Gasteiger partial charge < -0.3 is 5.32 Å². The maximum atomic E-state index is 13.4. The summed E-state index contributed by atoms with van der Waals surface area (Å²) in [5, 5.41) is 3.37. The van der Waals surface area contributed by atoms with E-state index in [2.05, 4.69) is 33.4 Å². The van der Waals surface area contributed by atoms with Crippen LogP contribution in [0.3, 0.4) is 0 Å². The first-order valence-corrected chi connectivity index (χ1v) is 6.93. The van der Waals surface area contributed by atoms with Crippen molar-refractivity contribution in [3.63, 3.8) is 0 Å². The number of rotatable bonds is 2. The van der Waals surface area contributed by atoms with Gasteiger partial charge in [-0.2, -0.15) is 0 Å². The monoisotopic (exact) mass is 297 g/mol. The molecule has 0 aliphatic heterocycles. The van der Waals surface area contributed by atoms with Gasteiger partial charge in [0.25, 0.3) is 0 Å². The number of hydrogen-bond donors (Lipinski definition) is 1. The van der Waals surface area contributed by atoms with Crippen molar-refractivity contribution in [1.29, 1.82) is 0 Å². The van der Waals surface area contributed by atoms with Gasteiger partial charge in [-0.15, -0.1) is 0 Å². The van der Waals surface area contributed by atoms with Crippen molar-refractivity contribution >= 4 is 21.6 Å². The minimum atomic E-state index is -0.218. The van der Waals surface area contributed by atoms with E-state index >= 15 is 0 Å². The first-order chi connectivity index (χ1) is 8.25. The molecule has 1 aliphatic rings. The molecule has 1 N–H and O–H groups in total. The maximum absolute atomic E-state index is 13.4. The largest absolute Gasteiger partial charge is 0.379 e. The molecule has 92 valence electrons. The fourth-order valence-electron chi connectivity index (χ4n) is 2.08. The van der Waals surface area contributed by atoms with E-state index in [0.717, 1.165) is 18.5 Å². The van der Waals surface area contributed by atoms with Gasteiger partial charge in [-0.3, -0.25) is 0 Å². The Morgan fingerprint density at radius 3 is 2.94 bits per heavy atom. The second-order valence-electron chi connectivity index (χ2n) is 4.45. The van der Waals surface area contributed by atoms with Crippen molar-refractivity contribution in [3.05, 3.63) is 40.6 Å². The van der Waals surface area contributed by atoms with Crippen molar-refractivity contribution in [2.24, 2.45) is 0 Å². The lowest BCUT2D eigenvalue weighted by Crippen LogP contribution is -2.17. The van der Waals surface area contributed by atoms with Crippen LogP contribution < -0.4 is 5.32 Å². The van der Waals surface area contributed by atoms with Gasteiger partial charge in [0.1, 0.15) is 5.82 Å². The zero-order valence-corrected chi connectivity index (χ0v) is 11.3. The third kappa shape index (κ3) is 3.84. The molecule has 1 atom stereocenters. The third-order valence-electron chi connectivity index (χ3n) is 3.03. The Hall–Kier alpha value is -0.830. The number of anilines is 1. The van der Waals surface area contributed by atoms with Gasteiger partial charge in [0.15, 0.2) is 0 Å². The average molecular weight is 298 g/mol. The van der Waals surface area contributed by atoms with Crippen LogP contribution in [0.4, 0.5) is 10.1 Å². The SMILES string of the molecule is Fc1cc(NC2/C=C/CCCCC2)ccc1Br. The van der Waals surface area contributed by atoms with E-state index in [0.29, 0.717) is 10.5 Å². The molecule has 1 aromatic carbocycles. The summed E-state index contributed by atoms with van der Waals surface area (Å²) in [5.74, 6) is -0.218. The lowest BCUT2D eigenvalue weighted by Gasteiger charge is -2.18. The summed E-state index contributed by atoms with van der Waals surface area (Å²) in [4.78, 5) is 0. The Bertz CT molecular complexity index is 403. The van der Waals surface area contributed by atoms with Crippen LogP contribution in [0.2, 0.25) is 0 Å². The minimum absolute atomic E-state index is 0.218. The molecule has 17 heavy (non-hydrogen) atoms. The average Bonchev–Trinajstić information content (AvgIpc) is 2.27. The smallest absolute Gasteiger partial charge is 0.139 e. The summed E-state index contributed by atoms with van der Waals surface area (Å²) in [7, 11) is 0. The predicted octanol–water partition coefficient (Wildman–Crippen LogP) is 4.89. The van der Waals surface area contributed by atoms with Gasteiger partial charge in [0.2, 0.25) is 0 Å². The van der Waals surface area contributed by atoms with E-state index in [-0.39, 0.29) is 5.82 Å². The highest BCUT2D eigenvalue weighted by atomic mass is 79.9. The summed E-state index contributed by atoms with van der Waals surface area (Å²) in [6.45, 7) is 0. The predicted molar refractivity (Wildman–Crippen MR) is 73.7 cm³/mol. The molecular formula is C14H17BrFN. The van der Waals surface area contributed by atoms with Crippen molar-refractivity contribution in [2.75, 3.05) is 5.32 Å². The Labute approximate surface area is 110 Å². The number of halogens is 2. The van der Waals surface area contributed by atoms with E-state index in [1.807, 2.05) is 6.07 Å². The molecule has 1 aromatic rings. The van der Waals surface area contributed by atoms with E-state index in [9.17, 15) is 4.39 Å². The highest BCUT2D eigenvalue weighted by Crippen LogP contribution is 2.21. The minimum Gasteiger partial charge on any atom is -0.379 e. The Kier molecular flexibility index (Phi) is 4.60. The Morgan fingerprint density at radius 2 is 2.12 bits per heavy atom. The second-order valence-corrected chi connectivity index (χ2v) is 5.30. The Morgan fingerprint density at radius 1 is 1.24 bits per heavy atom. The van der Waals surface area contributed by atoms with Gasteiger partial charge in [0, 0.05) is 11.7 Å². The topological polar surface area (TPSA) is 12.0 Å². The normalized spacial score (nSPS) is 22.6. The van der Waals surface area contributed by atoms with E-state index in [1.165, 1.54) is 25.3 Å². The van der Waals surface area contributed by atoms with Crippen molar-refractivity contribution in [1.82, 2.24) is 0 Å². The second kappa shape index (κ2) is 6.20. The van der Waals surface area contributed by atoms with Crippen LogP contribution in [0, 0.1) is 5.82 Å². The molecular weight excluding hydrogens is 281 g/mol. The first kappa shape index (κ1) is 12.6. The van der Waals surface area contributed by atoms with Crippen LogP contribution in [-0.2, 0) is 0 Å². The number of nitrogens with one attached hydrogen (secondary N) is 1. The highest BCUT2D eigenvalue weighted by molar-refractivity contribution is 9.10. The van der Waals surface area contributed by atoms with Gasteiger partial charge in [-0.05, 0) is 53.4 Å². The summed E-state index contributed by atoms with van der Waals surface area (Å²) in [5.41, 5.74) is 0.848. The first-order valence-electron chi connectivity index (χ1n) is 6.14. The zero-order valence-electron chi connectivity index (χ0n) is 9.76. The molecule has 0 saturated carbocycles. The zero-order chi connectivity index (χ0) is 12.1. The number of benzene rings is 1. The third-order valence-corrected chi connectivity index (χ3v) is 3.67. The van der Waals surface area contributed by atoms with Crippen LogP contribution in [-0.4, -0.2) is 6.04 Å². The fraction of sp³-hybridized carbons (Fsp3) is 0.429. The van der Waals surface area contributed by atoms with Crippen LogP contribution in [0.25, 0.3) is 0 Å². The maximum Gasteiger partial charge on any atom is 0.139 e. The lowest BCUT2D eigenvalue weighted by atomic mass is 10.0. The summed E-state index contributed by atoms with van der Waals surface area (Å²) in [6, 6.07) is 5.51. The number of allylic oxidation sites excluding steroid dienone is 1. The molecule has 1 aliphatic carbocycles. The lowest BCUT2D eigenvalue weighted by molar-refractivity contribution is 0.607. The van der Waals surface area contributed by atoms with E-state index in [4.69, 9.17) is 0 Å². The van der Waals surface area contributed by atoms with Gasteiger partial charge in [-0.1, -0.05) is 25.0 Å². The van der Waals surface area contributed by atoms with Crippen molar-refractivity contribution < 1.29 is 4.39 Å². The highest BCUT2D eigenvalue weighted by Gasteiger charge is 2.08. The quantitative estimate of drug-likeness (QED) is 0.767. The summed E-state index contributed by atoms with van der Waals surface area (Å²) < 4.78 is 13.9. The summed E-state index contributed by atoms with van der Waals surface area (Å²) in [6.07, 6.45) is 10.5. The molecule has 0 amide bonds.